The van der Waals surface area contributed by atoms with Gasteiger partial charge in [-0.05, 0) is 25.1 Å². The molecular weight excluding hydrogens is 326 g/mol. The lowest BCUT2D eigenvalue weighted by Gasteiger charge is -2.51. The number of anilines is 1. The van der Waals surface area contributed by atoms with Crippen molar-refractivity contribution in [2.24, 2.45) is 5.92 Å². The maximum atomic E-state index is 12.6. The lowest BCUT2D eigenvalue weighted by molar-refractivity contribution is -0.143. The minimum absolute atomic E-state index is 0.238. The molecule has 0 radical (unpaired) electrons. The number of ketones is 1. The molecular formula is C14H14BrNO4. The van der Waals surface area contributed by atoms with Crippen molar-refractivity contribution in [1.82, 2.24) is 0 Å². The Hall–Kier alpha value is -1.40. The molecule has 2 atom stereocenters. The number of benzene rings is 1. The van der Waals surface area contributed by atoms with Crippen molar-refractivity contribution in [2.45, 2.75) is 12.5 Å². The highest BCUT2D eigenvalue weighted by Gasteiger charge is 2.54. The van der Waals surface area contributed by atoms with Gasteiger partial charge in [0.25, 0.3) is 0 Å². The van der Waals surface area contributed by atoms with Gasteiger partial charge in [0.1, 0.15) is 5.92 Å². The van der Waals surface area contributed by atoms with Gasteiger partial charge in [0.15, 0.2) is 5.78 Å². The summed E-state index contributed by atoms with van der Waals surface area (Å²) in [5.74, 6) is -2.54. The van der Waals surface area contributed by atoms with Crippen molar-refractivity contribution in [3.63, 3.8) is 0 Å². The van der Waals surface area contributed by atoms with Crippen molar-refractivity contribution < 1.29 is 19.4 Å². The lowest BCUT2D eigenvalue weighted by Crippen LogP contribution is -2.65. The summed E-state index contributed by atoms with van der Waals surface area (Å²) < 4.78 is 6.31. The summed E-state index contributed by atoms with van der Waals surface area (Å²) in [5, 5.41) is 9.48. The van der Waals surface area contributed by atoms with Gasteiger partial charge >= 0.3 is 5.97 Å². The van der Waals surface area contributed by atoms with Crippen LogP contribution < -0.4 is 4.90 Å². The third-order valence-corrected chi connectivity index (χ3v) is 4.61. The molecule has 2 unspecified atom stereocenters. The number of carboxylic acid groups (broad SMARTS) is 1. The van der Waals surface area contributed by atoms with Gasteiger partial charge in [-0.25, -0.2) is 0 Å². The summed E-state index contributed by atoms with van der Waals surface area (Å²) in [5.41, 5.74) is 0.419. The maximum absolute atomic E-state index is 12.6. The zero-order valence-electron chi connectivity index (χ0n) is 10.9. The molecule has 2 heterocycles. The van der Waals surface area contributed by atoms with E-state index in [4.69, 9.17) is 4.74 Å². The number of carbonyl (C=O) groups is 2. The fourth-order valence-corrected chi connectivity index (χ4v) is 3.50. The van der Waals surface area contributed by atoms with Crippen molar-refractivity contribution in [3.05, 3.63) is 28.2 Å². The minimum atomic E-state index is -1.10. The molecule has 0 aromatic heterocycles. The van der Waals surface area contributed by atoms with Crippen LogP contribution in [-0.2, 0) is 9.53 Å². The Morgan fingerprint density at radius 3 is 3.00 bits per heavy atom. The highest BCUT2D eigenvalue weighted by molar-refractivity contribution is 9.10. The molecule has 5 nitrogen and oxygen atoms in total. The number of aliphatic carboxylic acids is 1. The SMILES string of the molecule is CC12COCCN1c1cc(Br)ccc1C(=O)C2C(=O)O. The molecule has 1 aromatic carbocycles. The van der Waals surface area contributed by atoms with E-state index in [2.05, 4.69) is 15.9 Å². The molecule has 1 N–H and O–H groups in total. The molecule has 1 aromatic rings. The Labute approximate surface area is 124 Å². The first-order valence-electron chi connectivity index (χ1n) is 6.37. The van der Waals surface area contributed by atoms with E-state index in [0.29, 0.717) is 18.7 Å². The molecule has 2 aliphatic heterocycles. The first-order valence-corrected chi connectivity index (χ1v) is 7.16. The zero-order chi connectivity index (χ0) is 14.5. The fourth-order valence-electron chi connectivity index (χ4n) is 3.16. The topological polar surface area (TPSA) is 66.8 Å². The molecule has 0 aliphatic carbocycles. The quantitative estimate of drug-likeness (QED) is 0.792. The molecule has 0 saturated carbocycles. The average molecular weight is 340 g/mol. The van der Waals surface area contributed by atoms with Gasteiger partial charge < -0.3 is 14.7 Å². The first-order chi connectivity index (χ1) is 9.45. The van der Waals surface area contributed by atoms with E-state index in [1.54, 1.807) is 19.1 Å². The normalized spacial score (nSPS) is 28.8. The van der Waals surface area contributed by atoms with Crippen LogP contribution in [0.1, 0.15) is 17.3 Å². The second-order valence-corrected chi connectivity index (χ2v) is 6.27. The Morgan fingerprint density at radius 2 is 2.30 bits per heavy atom. The monoisotopic (exact) mass is 339 g/mol. The first kappa shape index (κ1) is 13.6. The second-order valence-electron chi connectivity index (χ2n) is 5.36. The summed E-state index contributed by atoms with van der Waals surface area (Å²) in [6.07, 6.45) is 0. The van der Waals surface area contributed by atoms with Crippen molar-refractivity contribution in [2.75, 3.05) is 24.7 Å². The largest absolute Gasteiger partial charge is 0.481 e. The van der Waals surface area contributed by atoms with Gasteiger partial charge in [0, 0.05) is 22.3 Å². The molecule has 1 fully saturated rings. The van der Waals surface area contributed by atoms with E-state index in [1.807, 2.05) is 11.0 Å². The number of halogens is 1. The molecule has 0 bridgehead atoms. The Kier molecular flexibility index (Phi) is 3.10. The molecule has 3 rings (SSSR count). The molecule has 20 heavy (non-hydrogen) atoms. The number of carbonyl (C=O) groups excluding carboxylic acids is 1. The lowest BCUT2D eigenvalue weighted by atomic mass is 9.74. The van der Waals surface area contributed by atoms with Crippen molar-refractivity contribution in [1.29, 1.82) is 0 Å². The van der Waals surface area contributed by atoms with Crippen LogP contribution in [-0.4, -0.2) is 42.2 Å². The maximum Gasteiger partial charge on any atom is 0.316 e. The van der Waals surface area contributed by atoms with E-state index in [9.17, 15) is 14.7 Å². The highest BCUT2D eigenvalue weighted by atomic mass is 79.9. The number of hydrogen-bond donors (Lipinski definition) is 1. The predicted octanol–water partition coefficient (Wildman–Crippen LogP) is 1.94. The van der Waals surface area contributed by atoms with Crippen LogP contribution in [0.3, 0.4) is 0 Å². The number of morpholine rings is 1. The van der Waals surface area contributed by atoms with Gasteiger partial charge in [-0.2, -0.15) is 0 Å². The molecule has 106 valence electrons. The Morgan fingerprint density at radius 1 is 1.55 bits per heavy atom. The molecule has 1 saturated heterocycles. The van der Waals surface area contributed by atoms with Crippen molar-refractivity contribution in [3.8, 4) is 0 Å². The standard InChI is InChI=1S/C14H14BrNO4/c1-14-7-20-5-4-16(14)10-6-8(15)2-3-9(10)12(17)11(14)13(18)19/h2-3,6,11H,4-5,7H2,1H3,(H,18,19). The van der Waals surface area contributed by atoms with E-state index < -0.39 is 17.4 Å². The smallest absolute Gasteiger partial charge is 0.316 e. The summed E-state index contributed by atoms with van der Waals surface area (Å²) >= 11 is 3.40. The zero-order valence-corrected chi connectivity index (χ0v) is 12.5. The van der Waals surface area contributed by atoms with E-state index in [0.717, 1.165) is 10.2 Å². The number of hydrogen-bond acceptors (Lipinski definition) is 4. The Bertz CT molecular complexity index is 603. The van der Waals surface area contributed by atoms with Gasteiger partial charge in [-0.15, -0.1) is 0 Å². The van der Waals surface area contributed by atoms with Crippen LogP contribution in [0, 0.1) is 5.92 Å². The summed E-state index contributed by atoms with van der Waals surface area (Å²) in [4.78, 5) is 26.1. The van der Waals surface area contributed by atoms with Crippen molar-refractivity contribution >= 4 is 33.4 Å². The Balaban J connectivity index is 2.22. The van der Waals surface area contributed by atoms with Crippen LogP contribution >= 0.6 is 15.9 Å². The summed E-state index contributed by atoms with van der Waals surface area (Å²) in [7, 11) is 0. The van der Waals surface area contributed by atoms with E-state index in [-0.39, 0.29) is 12.4 Å². The van der Waals surface area contributed by atoms with Gasteiger partial charge in [0.05, 0.1) is 18.8 Å². The third-order valence-electron chi connectivity index (χ3n) is 4.12. The van der Waals surface area contributed by atoms with Crippen LogP contribution in [0.5, 0.6) is 0 Å². The number of fused-ring (bicyclic) bond motifs is 3. The predicted molar refractivity (Wildman–Crippen MR) is 76.2 cm³/mol. The highest BCUT2D eigenvalue weighted by Crippen LogP contribution is 2.43. The van der Waals surface area contributed by atoms with Crippen LogP contribution in [0.4, 0.5) is 5.69 Å². The number of carboxylic acids is 1. The van der Waals surface area contributed by atoms with E-state index >= 15 is 0 Å². The molecule has 2 aliphatic rings. The van der Waals surface area contributed by atoms with E-state index in [1.165, 1.54) is 0 Å². The number of nitrogens with zero attached hydrogens (tertiary/aromatic N) is 1. The molecule has 0 amide bonds. The number of ether oxygens (including phenoxy) is 1. The summed E-state index contributed by atoms with van der Waals surface area (Å²) in [6.45, 7) is 3.13. The van der Waals surface area contributed by atoms with Crippen LogP contribution in [0.2, 0.25) is 0 Å². The van der Waals surface area contributed by atoms with Gasteiger partial charge in [-0.3, -0.25) is 9.59 Å². The third kappa shape index (κ3) is 1.78. The minimum Gasteiger partial charge on any atom is -0.481 e. The molecule has 0 spiro atoms. The average Bonchev–Trinajstić information content (AvgIpc) is 2.37. The fraction of sp³-hybridized carbons (Fsp3) is 0.429. The number of rotatable bonds is 1. The number of Topliss-reactive ketones (excluding diaryl/α,β-unsaturated/α-hetero) is 1. The van der Waals surface area contributed by atoms with Crippen LogP contribution in [0.15, 0.2) is 22.7 Å². The van der Waals surface area contributed by atoms with Gasteiger partial charge in [-0.1, -0.05) is 15.9 Å². The van der Waals surface area contributed by atoms with Gasteiger partial charge in [0.2, 0.25) is 0 Å². The van der Waals surface area contributed by atoms with Crippen LogP contribution in [0.25, 0.3) is 0 Å². The summed E-state index contributed by atoms with van der Waals surface area (Å²) in [6, 6.07) is 5.32. The second kappa shape index (κ2) is 4.56. The molecule has 6 heteroatoms.